The van der Waals surface area contributed by atoms with Crippen LogP contribution in [-0.2, 0) is 4.79 Å². The highest BCUT2D eigenvalue weighted by molar-refractivity contribution is 5.78. The Hall–Kier alpha value is -1.36. The Morgan fingerprint density at radius 3 is 2.81 bits per heavy atom. The number of hydrogen-bond donors (Lipinski definition) is 2. The molecule has 90 valence electrons. The molecule has 5 nitrogen and oxygen atoms in total. The summed E-state index contributed by atoms with van der Waals surface area (Å²) in [4.78, 5) is 15.2. The van der Waals surface area contributed by atoms with E-state index in [0.717, 1.165) is 0 Å². The number of carboxylic acids is 1. The molecule has 0 bridgehead atoms. The maximum absolute atomic E-state index is 11.2. The van der Waals surface area contributed by atoms with Crippen molar-refractivity contribution >= 4 is 5.97 Å². The van der Waals surface area contributed by atoms with Gasteiger partial charge in [-0.25, -0.2) is 4.98 Å². The van der Waals surface area contributed by atoms with E-state index in [2.05, 4.69) is 10.3 Å². The van der Waals surface area contributed by atoms with Crippen LogP contribution >= 0.6 is 0 Å². The topological polar surface area (TPSA) is 67.2 Å². The van der Waals surface area contributed by atoms with Crippen LogP contribution in [0.4, 0.5) is 0 Å². The van der Waals surface area contributed by atoms with Crippen molar-refractivity contribution < 1.29 is 9.90 Å². The van der Waals surface area contributed by atoms with Crippen molar-refractivity contribution in [3.05, 3.63) is 18.7 Å². The van der Waals surface area contributed by atoms with E-state index in [9.17, 15) is 9.90 Å². The van der Waals surface area contributed by atoms with Crippen LogP contribution in [0.3, 0.4) is 0 Å². The SMILES string of the molecule is CCNC(C)(CC(C)n1ccnc1)C(=O)O. The van der Waals surface area contributed by atoms with Crippen molar-refractivity contribution in [2.75, 3.05) is 6.54 Å². The fourth-order valence-corrected chi connectivity index (χ4v) is 1.85. The van der Waals surface area contributed by atoms with Gasteiger partial charge in [-0.15, -0.1) is 0 Å². The average molecular weight is 225 g/mol. The summed E-state index contributed by atoms with van der Waals surface area (Å²) < 4.78 is 1.92. The number of imidazole rings is 1. The number of hydrogen-bond acceptors (Lipinski definition) is 3. The second kappa shape index (κ2) is 5.12. The van der Waals surface area contributed by atoms with Crippen LogP contribution in [0.2, 0.25) is 0 Å². The van der Waals surface area contributed by atoms with Crippen molar-refractivity contribution in [1.82, 2.24) is 14.9 Å². The molecule has 0 aliphatic heterocycles. The van der Waals surface area contributed by atoms with Crippen LogP contribution in [0.1, 0.15) is 33.2 Å². The third-order valence-corrected chi connectivity index (χ3v) is 2.78. The Kier molecular flexibility index (Phi) is 4.06. The van der Waals surface area contributed by atoms with Crippen LogP contribution < -0.4 is 5.32 Å². The van der Waals surface area contributed by atoms with Crippen molar-refractivity contribution in [2.24, 2.45) is 0 Å². The minimum atomic E-state index is -0.890. The lowest BCUT2D eigenvalue weighted by Gasteiger charge is -2.29. The largest absolute Gasteiger partial charge is 0.480 e. The van der Waals surface area contributed by atoms with E-state index < -0.39 is 11.5 Å². The molecule has 1 aromatic heterocycles. The first kappa shape index (κ1) is 12.7. The van der Waals surface area contributed by atoms with Gasteiger partial charge in [-0.05, 0) is 26.8 Å². The fraction of sp³-hybridized carbons (Fsp3) is 0.636. The van der Waals surface area contributed by atoms with Crippen LogP contribution in [-0.4, -0.2) is 32.7 Å². The zero-order valence-corrected chi connectivity index (χ0v) is 9.97. The molecule has 1 heterocycles. The Bertz CT molecular complexity index is 337. The van der Waals surface area contributed by atoms with Gasteiger partial charge >= 0.3 is 5.97 Å². The molecule has 0 aliphatic rings. The smallest absolute Gasteiger partial charge is 0.323 e. The van der Waals surface area contributed by atoms with E-state index in [4.69, 9.17) is 0 Å². The summed E-state index contributed by atoms with van der Waals surface area (Å²) in [6.07, 6.45) is 5.77. The van der Waals surface area contributed by atoms with Gasteiger partial charge in [0, 0.05) is 18.4 Å². The lowest BCUT2D eigenvalue weighted by atomic mass is 9.93. The Morgan fingerprint density at radius 1 is 1.69 bits per heavy atom. The predicted molar refractivity (Wildman–Crippen MR) is 61.3 cm³/mol. The molecule has 0 saturated heterocycles. The van der Waals surface area contributed by atoms with Gasteiger partial charge in [0.05, 0.1) is 6.33 Å². The summed E-state index contributed by atoms with van der Waals surface area (Å²) in [5.41, 5.74) is -0.890. The molecule has 16 heavy (non-hydrogen) atoms. The summed E-state index contributed by atoms with van der Waals surface area (Å²) in [5.74, 6) is -0.818. The second-order valence-electron chi connectivity index (χ2n) is 4.23. The Balaban J connectivity index is 2.72. The molecule has 0 saturated carbocycles. The summed E-state index contributed by atoms with van der Waals surface area (Å²) in [7, 11) is 0. The number of aromatic nitrogens is 2. The third kappa shape index (κ3) is 2.82. The van der Waals surface area contributed by atoms with Gasteiger partial charge in [0.2, 0.25) is 0 Å². The lowest BCUT2D eigenvalue weighted by Crippen LogP contribution is -2.50. The van der Waals surface area contributed by atoms with Gasteiger partial charge in [-0.3, -0.25) is 4.79 Å². The van der Waals surface area contributed by atoms with Crippen molar-refractivity contribution in [3.8, 4) is 0 Å². The molecule has 5 heteroatoms. The van der Waals surface area contributed by atoms with Gasteiger partial charge < -0.3 is 15.0 Å². The number of nitrogens with one attached hydrogen (secondary N) is 1. The van der Waals surface area contributed by atoms with Gasteiger partial charge in [-0.1, -0.05) is 6.92 Å². The number of aliphatic carboxylic acids is 1. The van der Waals surface area contributed by atoms with E-state index in [1.807, 2.05) is 24.6 Å². The van der Waals surface area contributed by atoms with E-state index in [1.165, 1.54) is 0 Å². The van der Waals surface area contributed by atoms with E-state index >= 15 is 0 Å². The lowest BCUT2D eigenvalue weighted by molar-refractivity contribution is -0.144. The zero-order chi connectivity index (χ0) is 12.2. The molecule has 1 rings (SSSR count). The standard InChI is InChI=1S/C11H19N3O2/c1-4-13-11(3,10(15)16)7-9(2)14-6-5-12-8-14/h5-6,8-9,13H,4,7H2,1-3H3,(H,15,16). The highest BCUT2D eigenvalue weighted by atomic mass is 16.4. The summed E-state index contributed by atoms with van der Waals surface area (Å²) in [5, 5.41) is 12.2. The number of carboxylic acid groups (broad SMARTS) is 1. The molecule has 0 aliphatic carbocycles. The second-order valence-corrected chi connectivity index (χ2v) is 4.23. The first-order valence-electron chi connectivity index (χ1n) is 5.45. The maximum Gasteiger partial charge on any atom is 0.323 e. The first-order valence-corrected chi connectivity index (χ1v) is 5.45. The van der Waals surface area contributed by atoms with E-state index in [1.54, 1.807) is 19.4 Å². The molecule has 2 atom stereocenters. The molecule has 0 radical (unpaired) electrons. The zero-order valence-electron chi connectivity index (χ0n) is 9.97. The summed E-state index contributed by atoms with van der Waals surface area (Å²) in [6, 6.07) is 0.0997. The normalized spacial score (nSPS) is 16.7. The van der Waals surface area contributed by atoms with E-state index in [-0.39, 0.29) is 6.04 Å². The van der Waals surface area contributed by atoms with Crippen molar-refractivity contribution in [1.29, 1.82) is 0 Å². The molecule has 0 aromatic carbocycles. The Labute approximate surface area is 95.5 Å². The van der Waals surface area contributed by atoms with Gasteiger partial charge in [-0.2, -0.15) is 0 Å². The number of likely N-dealkylation sites (N-methyl/N-ethyl adjacent to an activating group) is 1. The minimum absolute atomic E-state index is 0.0997. The molecule has 2 N–H and O–H groups in total. The van der Waals surface area contributed by atoms with Crippen molar-refractivity contribution in [2.45, 2.75) is 38.8 Å². The molecule has 1 aromatic rings. The minimum Gasteiger partial charge on any atom is -0.480 e. The highest BCUT2D eigenvalue weighted by Crippen LogP contribution is 2.20. The molecular formula is C11H19N3O2. The van der Waals surface area contributed by atoms with Crippen LogP contribution in [0.25, 0.3) is 0 Å². The molecule has 0 amide bonds. The predicted octanol–water partition coefficient (Wildman–Crippen LogP) is 1.29. The van der Waals surface area contributed by atoms with Crippen LogP contribution in [0.5, 0.6) is 0 Å². The quantitative estimate of drug-likeness (QED) is 0.765. The number of nitrogens with zero attached hydrogens (tertiary/aromatic N) is 2. The van der Waals surface area contributed by atoms with Crippen LogP contribution in [0.15, 0.2) is 18.7 Å². The third-order valence-electron chi connectivity index (χ3n) is 2.78. The van der Waals surface area contributed by atoms with Gasteiger partial charge in [0.1, 0.15) is 5.54 Å². The first-order chi connectivity index (χ1) is 7.49. The van der Waals surface area contributed by atoms with Crippen molar-refractivity contribution in [3.63, 3.8) is 0 Å². The molecule has 0 spiro atoms. The fourth-order valence-electron chi connectivity index (χ4n) is 1.85. The summed E-state index contributed by atoms with van der Waals surface area (Å²) >= 11 is 0. The monoisotopic (exact) mass is 225 g/mol. The molecule has 0 fully saturated rings. The van der Waals surface area contributed by atoms with E-state index in [0.29, 0.717) is 13.0 Å². The molecule has 2 unspecified atom stereocenters. The number of carbonyl (C=O) groups is 1. The maximum atomic E-state index is 11.2. The summed E-state index contributed by atoms with van der Waals surface area (Å²) in [6.45, 7) is 6.25. The van der Waals surface area contributed by atoms with Crippen LogP contribution in [0, 0.1) is 0 Å². The van der Waals surface area contributed by atoms with Gasteiger partial charge in [0.25, 0.3) is 0 Å². The number of rotatable bonds is 6. The van der Waals surface area contributed by atoms with Gasteiger partial charge in [0.15, 0.2) is 0 Å². The Morgan fingerprint density at radius 2 is 2.38 bits per heavy atom. The average Bonchev–Trinajstić information content (AvgIpc) is 2.70. The molecular weight excluding hydrogens is 206 g/mol. The highest BCUT2D eigenvalue weighted by Gasteiger charge is 2.33.